The van der Waals surface area contributed by atoms with E-state index in [0.29, 0.717) is 16.8 Å². The van der Waals surface area contributed by atoms with Gasteiger partial charge in [-0.15, -0.1) is 0 Å². The van der Waals surface area contributed by atoms with Crippen molar-refractivity contribution >= 4 is 23.2 Å². The van der Waals surface area contributed by atoms with Crippen LogP contribution in [0.5, 0.6) is 5.75 Å². The number of benzene rings is 1. The highest BCUT2D eigenvalue weighted by Gasteiger charge is 2.13. The normalized spacial score (nSPS) is 10.3. The van der Waals surface area contributed by atoms with E-state index in [1.54, 1.807) is 25.3 Å². The van der Waals surface area contributed by atoms with Crippen LogP contribution in [-0.2, 0) is 0 Å². The van der Waals surface area contributed by atoms with Crippen LogP contribution in [0.25, 0.3) is 0 Å². The van der Waals surface area contributed by atoms with Gasteiger partial charge in [0.1, 0.15) is 5.75 Å². The molecule has 19 heavy (non-hydrogen) atoms. The fourth-order valence-electron chi connectivity index (χ4n) is 1.76. The van der Waals surface area contributed by atoms with Crippen molar-refractivity contribution in [2.24, 2.45) is 0 Å². The lowest BCUT2D eigenvalue weighted by Crippen LogP contribution is -2.14. The molecule has 0 atom stereocenters. The molecule has 0 aliphatic heterocycles. The topological polar surface area (TPSA) is 62.2 Å². The number of carbonyl (C=O) groups is 1. The van der Waals surface area contributed by atoms with Gasteiger partial charge < -0.3 is 10.4 Å². The third-order valence-corrected chi connectivity index (χ3v) is 3.09. The summed E-state index contributed by atoms with van der Waals surface area (Å²) in [6, 6.07) is 6.34. The first-order valence-electron chi connectivity index (χ1n) is 5.71. The predicted octanol–water partition coefficient (Wildman–Crippen LogP) is 3.31. The summed E-state index contributed by atoms with van der Waals surface area (Å²) < 4.78 is 0. The first-order valence-corrected chi connectivity index (χ1v) is 6.09. The van der Waals surface area contributed by atoms with Crippen molar-refractivity contribution < 1.29 is 9.90 Å². The van der Waals surface area contributed by atoms with E-state index < -0.39 is 0 Å². The molecule has 2 N–H and O–H groups in total. The lowest BCUT2D eigenvalue weighted by molar-refractivity contribution is 0.102. The molecule has 2 rings (SSSR count). The second-order valence-corrected chi connectivity index (χ2v) is 4.61. The van der Waals surface area contributed by atoms with E-state index in [1.807, 2.05) is 6.92 Å². The molecule has 4 nitrogen and oxygen atoms in total. The molecule has 0 unspecified atom stereocenters. The van der Waals surface area contributed by atoms with Gasteiger partial charge in [0.2, 0.25) is 0 Å². The van der Waals surface area contributed by atoms with E-state index in [1.165, 1.54) is 12.1 Å². The van der Waals surface area contributed by atoms with Gasteiger partial charge >= 0.3 is 0 Å². The average molecular weight is 277 g/mol. The van der Waals surface area contributed by atoms with Crippen molar-refractivity contribution in [1.29, 1.82) is 0 Å². The first-order chi connectivity index (χ1) is 8.99. The first kappa shape index (κ1) is 13.4. The van der Waals surface area contributed by atoms with Gasteiger partial charge in [-0.05, 0) is 49.2 Å². The number of halogens is 1. The summed E-state index contributed by atoms with van der Waals surface area (Å²) in [6.45, 7) is 3.60. The maximum atomic E-state index is 12.2. The zero-order valence-electron chi connectivity index (χ0n) is 10.6. The fraction of sp³-hybridized carbons (Fsp3) is 0.143. The highest BCUT2D eigenvalue weighted by molar-refractivity contribution is 6.32. The molecule has 0 bridgehead atoms. The van der Waals surface area contributed by atoms with Crippen LogP contribution in [0.4, 0.5) is 5.69 Å². The van der Waals surface area contributed by atoms with Gasteiger partial charge in [0.05, 0.1) is 5.69 Å². The van der Waals surface area contributed by atoms with Gasteiger partial charge in [-0.1, -0.05) is 11.6 Å². The van der Waals surface area contributed by atoms with E-state index in [-0.39, 0.29) is 16.8 Å². The Kier molecular flexibility index (Phi) is 3.71. The number of amides is 1. The summed E-state index contributed by atoms with van der Waals surface area (Å²) in [5.74, 6) is -0.153. The lowest BCUT2D eigenvalue weighted by Gasteiger charge is -2.11. The van der Waals surface area contributed by atoms with Crippen LogP contribution in [0.2, 0.25) is 5.15 Å². The number of pyridine rings is 1. The summed E-state index contributed by atoms with van der Waals surface area (Å²) in [4.78, 5) is 16.1. The van der Waals surface area contributed by atoms with Gasteiger partial charge in [-0.2, -0.15) is 0 Å². The molecule has 2 aromatic rings. The fourth-order valence-corrected chi connectivity index (χ4v) is 2.01. The largest absolute Gasteiger partial charge is 0.508 e. The number of rotatable bonds is 2. The highest BCUT2D eigenvalue weighted by Crippen LogP contribution is 2.24. The Labute approximate surface area is 116 Å². The maximum Gasteiger partial charge on any atom is 0.256 e. The zero-order valence-corrected chi connectivity index (χ0v) is 11.3. The average Bonchev–Trinajstić information content (AvgIpc) is 2.33. The second kappa shape index (κ2) is 5.28. The molecule has 1 aromatic heterocycles. The van der Waals surface area contributed by atoms with E-state index in [4.69, 9.17) is 11.6 Å². The van der Waals surface area contributed by atoms with E-state index in [9.17, 15) is 9.90 Å². The Bertz CT molecular complexity index is 621. The molecular formula is C14H13ClN2O2. The number of hydrogen-bond acceptors (Lipinski definition) is 3. The maximum absolute atomic E-state index is 12.2. The molecule has 0 saturated heterocycles. The summed E-state index contributed by atoms with van der Waals surface area (Å²) in [7, 11) is 0. The molecule has 0 aliphatic rings. The second-order valence-electron chi connectivity index (χ2n) is 4.25. The van der Waals surface area contributed by atoms with Crippen LogP contribution in [0.15, 0.2) is 30.5 Å². The quantitative estimate of drug-likeness (QED) is 0.827. The van der Waals surface area contributed by atoms with Crippen molar-refractivity contribution in [2.75, 3.05) is 5.32 Å². The number of hydrogen-bond donors (Lipinski definition) is 2. The van der Waals surface area contributed by atoms with Crippen molar-refractivity contribution in [3.8, 4) is 5.75 Å². The number of phenols is 1. The number of carbonyl (C=O) groups excluding carboxylic acids is 1. The molecule has 0 fully saturated rings. The van der Waals surface area contributed by atoms with Gasteiger partial charge in [-0.3, -0.25) is 4.79 Å². The van der Waals surface area contributed by atoms with Crippen LogP contribution in [0, 0.1) is 13.8 Å². The molecule has 1 amide bonds. The minimum Gasteiger partial charge on any atom is -0.508 e. The molecule has 0 radical (unpaired) electrons. The smallest absolute Gasteiger partial charge is 0.256 e. The van der Waals surface area contributed by atoms with Crippen LogP contribution in [0.1, 0.15) is 21.5 Å². The number of nitrogens with zero attached hydrogens (tertiary/aromatic N) is 1. The van der Waals surface area contributed by atoms with Crippen LogP contribution in [-0.4, -0.2) is 16.0 Å². The summed E-state index contributed by atoms with van der Waals surface area (Å²) in [5, 5.41) is 12.3. The lowest BCUT2D eigenvalue weighted by atomic mass is 10.1. The minimum atomic E-state index is -0.282. The van der Waals surface area contributed by atoms with E-state index >= 15 is 0 Å². The molecule has 1 aromatic carbocycles. The Balaban J connectivity index is 2.31. The highest BCUT2D eigenvalue weighted by atomic mass is 35.5. The summed E-state index contributed by atoms with van der Waals surface area (Å²) in [6.07, 6.45) is 1.58. The molecule has 0 aliphatic carbocycles. The van der Waals surface area contributed by atoms with Crippen molar-refractivity contribution in [1.82, 2.24) is 4.98 Å². The van der Waals surface area contributed by atoms with E-state index in [0.717, 1.165) is 5.56 Å². The van der Waals surface area contributed by atoms with Crippen LogP contribution < -0.4 is 5.32 Å². The number of phenolic OH excluding ortho intramolecular Hbond substituents is 1. The number of nitrogens with one attached hydrogen (secondary N) is 1. The Hall–Kier alpha value is -2.07. The van der Waals surface area contributed by atoms with Crippen molar-refractivity contribution in [3.05, 3.63) is 52.3 Å². The molecule has 98 valence electrons. The van der Waals surface area contributed by atoms with Gasteiger partial charge in [0, 0.05) is 11.8 Å². The van der Waals surface area contributed by atoms with Crippen molar-refractivity contribution in [2.45, 2.75) is 13.8 Å². The minimum absolute atomic E-state index is 0.129. The Morgan fingerprint density at radius 1 is 1.26 bits per heavy atom. The molecule has 0 spiro atoms. The molecular weight excluding hydrogens is 264 g/mol. The van der Waals surface area contributed by atoms with Gasteiger partial charge in [0.15, 0.2) is 5.15 Å². The third-order valence-electron chi connectivity index (χ3n) is 2.81. The SMILES string of the molecule is Cc1cc(O)ccc1C(=O)Nc1c(C)ccnc1Cl. The number of anilines is 1. The molecule has 1 heterocycles. The monoisotopic (exact) mass is 276 g/mol. The third kappa shape index (κ3) is 2.85. The zero-order chi connectivity index (χ0) is 14.0. The standard InChI is InChI=1S/C14H13ClN2O2/c1-8-5-6-16-13(15)12(8)17-14(19)11-4-3-10(18)7-9(11)2/h3-7,18H,1-2H3,(H,17,19). The van der Waals surface area contributed by atoms with Gasteiger partial charge in [-0.25, -0.2) is 4.98 Å². The Morgan fingerprint density at radius 3 is 2.63 bits per heavy atom. The molecule has 0 saturated carbocycles. The van der Waals surface area contributed by atoms with Crippen LogP contribution in [0.3, 0.4) is 0 Å². The summed E-state index contributed by atoms with van der Waals surface area (Å²) in [5.41, 5.74) is 2.51. The number of aromatic nitrogens is 1. The van der Waals surface area contributed by atoms with Gasteiger partial charge in [0.25, 0.3) is 5.91 Å². The number of aromatic hydroxyl groups is 1. The van der Waals surface area contributed by atoms with E-state index in [2.05, 4.69) is 10.3 Å². The van der Waals surface area contributed by atoms with Crippen molar-refractivity contribution in [3.63, 3.8) is 0 Å². The Morgan fingerprint density at radius 2 is 2.00 bits per heavy atom. The number of aryl methyl sites for hydroxylation is 2. The predicted molar refractivity (Wildman–Crippen MR) is 74.8 cm³/mol. The molecule has 5 heteroatoms. The van der Waals surface area contributed by atoms with Crippen LogP contribution >= 0.6 is 11.6 Å². The summed E-state index contributed by atoms with van der Waals surface area (Å²) >= 11 is 5.96.